The molecule has 1 heterocycles. The first kappa shape index (κ1) is 18.9. The standard InChI is InChI=1S/C13H28N4O.HI/c1-4-7-15-13(14-2)16-11-12-6-5-8-17(12)9-10-18-3;/h12H,4-11H2,1-3H3,(H2,14,15,16);1H. The van der Waals surface area contributed by atoms with Gasteiger partial charge in [-0.1, -0.05) is 6.92 Å². The molecule has 0 radical (unpaired) electrons. The lowest BCUT2D eigenvalue weighted by Gasteiger charge is -2.25. The van der Waals surface area contributed by atoms with Crippen molar-refractivity contribution in [2.45, 2.75) is 32.2 Å². The van der Waals surface area contributed by atoms with Gasteiger partial charge < -0.3 is 15.4 Å². The van der Waals surface area contributed by atoms with Crippen LogP contribution in [0.2, 0.25) is 0 Å². The molecule has 1 atom stereocenters. The lowest BCUT2D eigenvalue weighted by molar-refractivity contribution is 0.141. The molecule has 6 heteroatoms. The first-order chi connectivity index (χ1) is 8.81. The summed E-state index contributed by atoms with van der Waals surface area (Å²) in [6.07, 6.45) is 3.67. The summed E-state index contributed by atoms with van der Waals surface area (Å²) in [4.78, 5) is 6.73. The van der Waals surface area contributed by atoms with Crippen LogP contribution in [0, 0.1) is 0 Å². The minimum absolute atomic E-state index is 0. The van der Waals surface area contributed by atoms with Gasteiger partial charge >= 0.3 is 0 Å². The van der Waals surface area contributed by atoms with E-state index in [9.17, 15) is 0 Å². The van der Waals surface area contributed by atoms with Crippen molar-refractivity contribution in [3.8, 4) is 0 Å². The summed E-state index contributed by atoms with van der Waals surface area (Å²) >= 11 is 0. The Morgan fingerprint density at radius 2 is 2.21 bits per heavy atom. The van der Waals surface area contributed by atoms with Gasteiger partial charge in [0.05, 0.1) is 6.61 Å². The van der Waals surface area contributed by atoms with Crippen LogP contribution in [0.1, 0.15) is 26.2 Å². The van der Waals surface area contributed by atoms with Crippen LogP contribution in [0.25, 0.3) is 0 Å². The summed E-state index contributed by atoms with van der Waals surface area (Å²) in [7, 11) is 3.59. The van der Waals surface area contributed by atoms with E-state index in [1.54, 1.807) is 7.11 Å². The molecular weight excluding hydrogens is 355 g/mol. The predicted molar refractivity (Wildman–Crippen MR) is 91.5 cm³/mol. The van der Waals surface area contributed by atoms with Crippen molar-refractivity contribution < 1.29 is 4.74 Å². The van der Waals surface area contributed by atoms with Crippen LogP contribution in [0.5, 0.6) is 0 Å². The van der Waals surface area contributed by atoms with Gasteiger partial charge in [0.15, 0.2) is 5.96 Å². The molecule has 1 saturated heterocycles. The number of hydrogen-bond donors (Lipinski definition) is 2. The molecule has 1 rings (SSSR count). The highest BCUT2D eigenvalue weighted by Crippen LogP contribution is 2.15. The van der Waals surface area contributed by atoms with Gasteiger partial charge in [-0.3, -0.25) is 9.89 Å². The molecule has 0 aromatic heterocycles. The van der Waals surface area contributed by atoms with Crippen LogP contribution in [-0.4, -0.2) is 63.8 Å². The summed E-state index contributed by atoms with van der Waals surface area (Å²) in [5.74, 6) is 0.912. The highest BCUT2D eigenvalue weighted by molar-refractivity contribution is 14.0. The van der Waals surface area contributed by atoms with Crippen LogP contribution in [0.15, 0.2) is 4.99 Å². The quantitative estimate of drug-likeness (QED) is 0.395. The molecule has 0 amide bonds. The predicted octanol–water partition coefficient (Wildman–Crippen LogP) is 1.29. The Bertz CT molecular complexity index is 251. The highest BCUT2D eigenvalue weighted by Gasteiger charge is 2.23. The Labute approximate surface area is 134 Å². The Kier molecular flexibility index (Phi) is 11.7. The number of ether oxygens (including phenoxy) is 1. The smallest absolute Gasteiger partial charge is 0.191 e. The van der Waals surface area contributed by atoms with Gasteiger partial charge in [-0.2, -0.15) is 0 Å². The Morgan fingerprint density at radius 1 is 1.42 bits per heavy atom. The Hall–Kier alpha value is -0.0800. The molecule has 1 aliphatic rings. The second kappa shape index (κ2) is 11.7. The van der Waals surface area contributed by atoms with Crippen molar-refractivity contribution in [2.24, 2.45) is 4.99 Å². The third-order valence-corrected chi connectivity index (χ3v) is 3.35. The largest absolute Gasteiger partial charge is 0.383 e. The number of aliphatic imine (C=N–C) groups is 1. The van der Waals surface area contributed by atoms with Crippen LogP contribution < -0.4 is 10.6 Å². The summed E-state index contributed by atoms with van der Waals surface area (Å²) in [5, 5.41) is 6.71. The molecule has 0 aromatic carbocycles. The number of hydrogen-bond acceptors (Lipinski definition) is 3. The maximum Gasteiger partial charge on any atom is 0.191 e. The fourth-order valence-electron chi connectivity index (χ4n) is 2.31. The van der Waals surface area contributed by atoms with E-state index in [0.29, 0.717) is 6.04 Å². The summed E-state index contributed by atoms with van der Waals surface area (Å²) in [6, 6.07) is 0.611. The van der Waals surface area contributed by atoms with Crippen LogP contribution in [0.3, 0.4) is 0 Å². The third-order valence-electron chi connectivity index (χ3n) is 3.35. The molecular formula is C13H29IN4O. The lowest BCUT2D eigenvalue weighted by Crippen LogP contribution is -2.45. The molecule has 1 aliphatic heterocycles. The van der Waals surface area contributed by atoms with E-state index < -0.39 is 0 Å². The average molecular weight is 384 g/mol. The zero-order valence-electron chi connectivity index (χ0n) is 12.4. The number of likely N-dealkylation sites (tertiary alicyclic amines) is 1. The summed E-state index contributed by atoms with van der Waals surface area (Å²) in [5.41, 5.74) is 0. The van der Waals surface area contributed by atoms with E-state index in [4.69, 9.17) is 4.74 Å². The number of guanidine groups is 1. The number of rotatable bonds is 7. The van der Waals surface area contributed by atoms with Gasteiger partial charge in [0.1, 0.15) is 0 Å². The normalized spacial score (nSPS) is 20.2. The van der Waals surface area contributed by atoms with Gasteiger partial charge in [-0.15, -0.1) is 24.0 Å². The van der Waals surface area contributed by atoms with Crippen molar-refractivity contribution in [1.82, 2.24) is 15.5 Å². The average Bonchev–Trinajstić information content (AvgIpc) is 2.84. The van der Waals surface area contributed by atoms with Crippen molar-refractivity contribution in [3.05, 3.63) is 0 Å². The molecule has 2 N–H and O–H groups in total. The SMILES string of the molecule is CCCNC(=NC)NCC1CCCN1CCOC.I. The molecule has 5 nitrogen and oxygen atoms in total. The molecule has 0 bridgehead atoms. The van der Waals surface area contributed by atoms with Crippen LogP contribution in [-0.2, 0) is 4.74 Å². The second-order valence-corrected chi connectivity index (χ2v) is 4.70. The van der Waals surface area contributed by atoms with Crippen molar-refractivity contribution in [2.75, 3.05) is 46.9 Å². The van der Waals surface area contributed by atoms with Gasteiger partial charge in [-0.25, -0.2) is 0 Å². The van der Waals surface area contributed by atoms with Crippen molar-refractivity contribution in [3.63, 3.8) is 0 Å². The number of nitrogens with one attached hydrogen (secondary N) is 2. The Balaban J connectivity index is 0.00000324. The summed E-state index contributed by atoms with van der Waals surface area (Å²) < 4.78 is 5.15. The summed E-state index contributed by atoms with van der Waals surface area (Å²) in [6.45, 7) is 7.13. The maximum absolute atomic E-state index is 5.15. The van der Waals surface area contributed by atoms with E-state index in [2.05, 4.69) is 27.4 Å². The van der Waals surface area contributed by atoms with Gasteiger partial charge in [0.25, 0.3) is 0 Å². The fourth-order valence-corrected chi connectivity index (χ4v) is 2.31. The molecule has 114 valence electrons. The number of nitrogens with zero attached hydrogens (tertiary/aromatic N) is 2. The zero-order valence-corrected chi connectivity index (χ0v) is 14.8. The second-order valence-electron chi connectivity index (χ2n) is 4.70. The van der Waals surface area contributed by atoms with Gasteiger partial charge in [-0.05, 0) is 25.8 Å². The maximum atomic E-state index is 5.15. The van der Waals surface area contributed by atoms with E-state index in [-0.39, 0.29) is 24.0 Å². The third kappa shape index (κ3) is 7.31. The fraction of sp³-hybridized carbons (Fsp3) is 0.923. The van der Waals surface area contributed by atoms with Crippen LogP contribution >= 0.6 is 24.0 Å². The molecule has 19 heavy (non-hydrogen) atoms. The molecule has 0 saturated carbocycles. The van der Waals surface area contributed by atoms with E-state index >= 15 is 0 Å². The zero-order chi connectivity index (χ0) is 13.2. The van der Waals surface area contributed by atoms with E-state index in [1.807, 2.05) is 7.05 Å². The minimum Gasteiger partial charge on any atom is -0.383 e. The Morgan fingerprint density at radius 3 is 2.84 bits per heavy atom. The molecule has 0 aromatic rings. The highest BCUT2D eigenvalue weighted by atomic mass is 127. The van der Waals surface area contributed by atoms with E-state index in [1.165, 1.54) is 19.4 Å². The topological polar surface area (TPSA) is 48.9 Å². The number of halogens is 1. The first-order valence-corrected chi connectivity index (χ1v) is 6.99. The lowest BCUT2D eigenvalue weighted by atomic mass is 10.2. The van der Waals surface area contributed by atoms with E-state index in [0.717, 1.165) is 38.6 Å². The first-order valence-electron chi connectivity index (χ1n) is 6.99. The van der Waals surface area contributed by atoms with Crippen LogP contribution in [0.4, 0.5) is 0 Å². The minimum atomic E-state index is 0. The monoisotopic (exact) mass is 384 g/mol. The molecule has 1 fully saturated rings. The number of methoxy groups -OCH3 is 1. The van der Waals surface area contributed by atoms with Crippen molar-refractivity contribution in [1.29, 1.82) is 0 Å². The van der Waals surface area contributed by atoms with Gasteiger partial charge in [0, 0.05) is 39.8 Å². The molecule has 0 spiro atoms. The van der Waals surface area contributed by atoms with Crippen molar-refractivity contribution >= 4 is 29.9 Å². The van der Waals surface area contributed by atoms with Gasteiger partial charge in [0.2, 0.25) is 0 Å². The molecule has 1 unspecified atom stereocenters. The molecule has 0 aliphatic carbocycles.